The number of likely N-dealkylation sites (N-methyl/N-ethyl adjacent to an activating group) is 1. The molecule has 100 valence electrons. The number of methoxy groups -OCH3 is 1. The molecule has 1 aromatic rings. The second-order valence-corrected chi connectivity index (χ2v) is 6.39. The summed E-state index contributed by atoms with van der Waals surface area (Å²) in [6.07, 6.45) is 0. The molecule has 6 nitrogen and oxygen atoms in total. The predicted octanol–water partition coefficient (Wildman–Crippen LogP) is 0.825. The number of halogens is 1. The van der Waals surface area contributed by atoms with Crippen LogP contribution >= 0.6 is 15.9 Å². The Hall–Kier alpha value is -1.12. The molecule has 0 unspecified atom stereocenters. The number of carbonyl (C=O) groups is 1. The van der Waals surface area contributed by atoms with Crippen LogP contribution in [0.1, 0.15) is 0 Å². The largest absolute Gasteiger partial charge is 0.468 e. The Kier molecular flexibility index (Phi) is 4.71. The molecule has 1 rings (SSSR count). The molecule has 0 saturated heterocycles. The fraction of sp³-hybridized carbons (Fsp3) is 0.300. The fourth-order valence-corrected chi connectivity index (χ4v) is 3.29. The molecule has 0 aliphatic rings. The molecule has 0 amide bonds. The third-order valence-electron chi connectivity index (χ3n) is 2.22. The molecular weight excluding hydrogens is 324 g/mol. The van der Waals surface area contributed by atoms with Crippen molar-refractivity contribution >= 4 is 37.6 Å². The molecule has 2 N–H and O–H groups in total. The number of sulfonamides is 1. The summed E-state index contributed by atoms with van der Waals surface area (Å²) in [6, 6.07) is 4.44. The molecule has 18 heavy (non-hydrogen) atoms. The van der Waals surface area contributed by atoms with Crippen LogP contribution in [0.25, 0.3) is 0 Å². The minimum absolute atomic E-state index is 0.00824. The minimum atomic E-state index is -3.79. The van der Waals surface area contributed by atoms with E-state index in [0.29, 0.717) is 10.2 Å². The van der Waals surface area contributed by atoms with Gasteiger partial charge in [-0.1, -0.05) is 0 Å². The summed E-state index contributed by atoms with van der Waals surface area (Å²) in [7, 11) is -1.30. The van der Waals surface area contributed by atoms with Crippen LogP contribution < -0.4 is 5.73 Å². The number of esters is 1. The highest BCUT2D eigenvalue weighted by Gasteiger charge is 2.25. The Bertz CT molecular complexity index is 559. The molecule has 1 aromatic carbocycles. The van der Waals surface area contributed by atoms with Gasteiger partial charge >= 0.3 is 5.97 Å². The first-order chi connectivity index (χ1) is 8.28. The van der Waals surface area contributed by atoms with E-state index in [2.05, 4.69) is 20.7 Å². The molecule has 0 aliphatic heterocycles. The number of benzene rings is 1. The topological polar surface area (TPSA) is 89.7 Å². The van der Waals surface area contributed by atoms with Crippen molar-refractivity contribution in [2.45, 2.75) is 4.90 Å². The van der Waals surface area contributed by atoms with Crippen molar-refractivity contribution in [2.75, 3.05) is 26.4 Å². The molecule has 0 heterocycles. The lowest BCUT2D eigenvalue weighted by atomic mass is 10.3. The number of hydrogen-bond donors (Lipinski definition) is 1. The van der Waals surface area contributed by atoms with Gasteiger partial charge in [0.15, 0.2) is 0 Å². The zero-order valence-corrected chi connectivity index (χ0v) is 12.3. The molecule has 0 aromatic heterocycles. The van der Waals surface area contributed by atoms with Crippen molar-refractivity contribution in [2.24, 2.45) is 0 Å². The smallest absolute Gasteiger partial charge is 0.321 e. The van der Waals surface area contributed by atoms with Crippen LogP contribution in [0, 0.1) is 0 Å². The lowest BCUT2D eigenvalue weighted by molar-refractivity contribution is -0.140. The van der Waals surface area contributed by atoms with Gasteiger partial charge in [0.25, 0.3) is 0 Å². The first-order valence-corrected chi connectivity index (χ1v) is 7.10. The highest BCUT2D eigenvalue weighted by Crippen LogP contribution is 2.26. The molecule has 0 atom stereocenters. The van der Waals surface area contributed by atoms with Crippen LogP contribution in [0.4, 0.5) is 5.69 Å². The van der Waals surface area contributed by atoms with Crippen molar-refractivity contribution in [1.29, 1.82) is 0 Å². The van der Waals surface area contributed by atoms with Gasteiger partial charge in [-0.2, -0.15) is 4.31 Å². The Morgan fingerprint density at radius 2 is 2.11 bits per heavy atom. The van der Waals surface area contributed by atoms with E-state index in [4.69, 9.17) is 5.73 Å². The van der Waals surface area contributed by atoms with Gasteiger partial charge in [0.1, 0.15) is 6.54 Å². The SMILES string of the molecule is COC(=O)CN(C)S(=O)(=O)c1cc(N)ccc1Br. The second-order valence-electron chi connectivity index (χ2n) is 3.53. The van der Waals surface area contributed by atoms with Gasteiger partial charge in [0.2, 0.25) is 10.0 Å². The van der Waals surface area contributed by atoms with E-state index in [1.807, 2.05) is 0 Å². The summed E-state index contributed by atoms with van der Waals surface area (Å²) < 4.78 is 30.1. The molecule has 0 spiro atoms. The zero-order chi connectivity index (χ0) is 13.9. The Morgan fingerprint density at radius 3 is 2.67 bits per heavy atom. The number of nitrogen functional groups attached to an aromatic ring is 1. The maximum absolute atomic E-state index is 12.2. The van der Waals surface area contributed by atoms with E-state index >= 15 is 0 Å². The zero-order valence-electron chi connectivity index (χ0n) is 9.88. The molecule has 0 bridgehead atoms. The molecule has 8 heteroatoms. The van der Waals surface area contributed by atoms with Gasteiger partial charge in [-0.3, -0.25) is 4.79 Å². The first kappa shape index (κ1) is 14.9. The van der Waals surface area contributed by atoms with E-state index in [1.165, 1.54) is 26.3 Å². The summed E-state index contributed by atoms with van der Waals surface area (Å²) in [5.41, 5.74) is 5.88. The van der Waals surface area contributed by atoms with Crippen LogP contribution in [0.5, 0.6) is 0 Å². The fourth-order valence-electron chi connectivity index (χ4n) is 1.22. The van der Waals surface area contributed by atoms with Crippen LogP contribution in [0.3, 0.4) is 0 Å². The van der Waals surface area contributed by atoms with E-state index < -0.39 is 16.0 Å². The van der Waals surface area contributed by atoms with E-state index in [9.17, 15) is 13.2 Å². The van der Waals surface area contributed by atoms with Crippen molar-refractivity contribution in [3.8, 4) is 0 Å². The molecule has 0 aliphatic carbocycles. The summed E-state index contributed by atoms with van der Waals surface area (Å²) >= 11 is 3.14. The van der Waals surface area contributed by atoms with E-state index in [0.717, 1.165) is 4.31 Å². The van der Waals surface area contributed by atoms with Gasteiger partial charge in [-0.25, -0.2) is 8.42 Å². The standard InChI is InChI=1S/C10H13BrN2O4S/c1-13(6-10(14)17-2)18(15,16)9-5-7(12)3-4-8(9)11/h3-5H,6,12H2,1-2H3. The maximum Gasteiger partial charge on any atom is 0.321 e. The number of anilines is 1. The lowest BCUT2D eigenvalue weighted by Crippen LogP contribution is -2.33. The highest BCUT2D eigenvalue weighted by atomic mass is 79.9. The third kappa shape index (κ3) is 3.21. The highest BCUT2D eigenvalue weighted by molar-refractivity contribution is 9.10. The van der Waals surface area contributed by atoms with Crippen molar-refractivity contribution < 1.29 is 17.9 Å². The number of carbonyl (C=O) groups excluding carboxylic acids is 1. The van der Waals surface area contributed by atoms with Gasteiger partial charge in [-0.15, -0.1) is 0 Å². The third-order valence-corrected chi connectivity index (χ3v) is 5.02. The summed E-state index contributed by atoms with van der Waals surface area (Å²) in [5.74, 6) is -0.638. The van der Waals surface area contributed by atoms with Crippen molar-refractivity contribution in [1.82, 2.24) is 4.31 Å². The lowest BCUT2D eigenvalue weighted by Gasteiger charge is -2.17. The molecular formula is C10H13BrN2O4S. The Balaban J connectivity index is 3.13. The van der Waals surface area contributed by atoms with Crippen molar-refractivity contribution in [3.05, 3.63) is 22.7 Å². The number of hydrogen-bond acceptors (Lipinski definition) is 5. The summed E-state index contributed by atoms with van der Waals surface area (Å²) in [5, 5.41) is 0. The minimum Gasteiger partial charge on any atom is -0.468 e. The second kappa shape index (κ2) is 5.68. The van der Waals surface area contributed by atoms with Gasteiger partial charge < -0.3 is 10.5 Å². The van der Waals surface area contributed by atoms with E-state index in [1.54, 1.807) is 6.07 Å². The normalized spacial score (nSPS) is 11.6. The van der Waals surface area contributed by atoms with Crippen LogP contribution in [0.2, 0.25) is 0 Å². The van der Waals surface area contributed by atoms with E-state index in [-0.39, 0.29) is 11.4 Å². The average molecular weight is 337 g/mol. The summed E-state index contributed by atoms with van der Waals surface area (Å²) in [6.45, 7) is -0.361. The summed E-state index contributed by atoms with van der Waals surface area (Å²) in [4.78, 5) is 11.1. The van der Waals surface area contributed by atoms with Crippen LogP contribution in [-0.2, 0) is 19.6 Å². The molecule has 0 fully saturated rings. The monoisotopic (exact) mass is 336 g/mol. The number of nitrogens with two attached hydrogens (primary N) is 1. The number of nitrogens with zero attached hydrogens (tertiary/aromatic N) is 1. The van der Waals surface area contributed by atoms with Gasteiger partial charge in [-0.05, 0) is 34.1 Å². The average Bonchev–Trinajstić information content (AvgIpc) is 2.31. The molecule has 0 radical (unpaired) electrons. The van der Waals surface area contributed by atoms with Gasteiger partial charge in [0, 0.05) is 17.2 Å². The van der Waals surface area contributed by atoms with Crippen LogP contribution in [0.15, 0.2) is 27.6 Å². The van der Waals surface area contributed by atoms with Crippen molar-refractivity contribution in [3.63, 3.8) is 0 Å². The molecule has 0 saturated carbocycles. The predicted molar refractivity (Wildman–Crippen MR) is 70.4 cm³/mol. The first-order valence-electron chi connectivity index (χ1n) is 4.87. The Labute approximate surface area is 114 Å². The van der Waals surface area contributed by atoms with Gasteiger partial charge in [0.05, 0.1) is 12.0 Å². The maximum atomic E-state index is 12.2. The Morgan fingerprint density at radius 1 is 1.50 bits per heavy atom. The van der Waals surface area contributed by atoms with Crippen LogP contribution in [-0.4, -0.2) is 39.4 Å². The number of rotatable bonds is 4. The quantitative estimate of drug-likeness (QED) is 0.649. The number of ether oxygens (including phenoxy) is 1.